The number of ether oxygens (including phenoxy) is 1. The van der Waals surface area contributed by atoms with E-state index in [1.54, 1.807) is 23.9 Å². The number of nitrogens with zero attached hydrogens (tertiary/aromatic N) is 1. The van der Waals surface area contributed by atoms with E-state index < -0.39 is 0 Å². The van der Waals surface area contributed by atoms with E-state index in [4.69, 9.17) is 27.9 Å². The average molecular weight is 430 g/mol. The first-order chi connectivity index (χ1) is 13.6. The van der Waals surface area contributed by atoms with Crippen LogP contribution < -0.4 is 9.64 Å². The highest BCUT2D eigenvalue weighted by molar-refractivity contribution is 8.00. The molecule has 1 saturated heterocycles. The van der Waals surface area contributed by atoms with Gasteiger partial charge in [0.15, 0.2) is 0 Å². The minimum Gasteiger partial charge on any atom is -0.489 e. The van der Waals surface area contributed by atoms with Gasteiger partial charge in [-0.15, -0.1) is 11.8 Å². The molecule has 0 unspecified atom stereocenters. The fourth-order valence-corrected chi connectivity index (χ4v) is 4.55. The van der Waals surface area contributed by atoms with E-state index in [1.807, 2.05) is 65.6 Å². The normalized spacial score (nSPS) is 16.4. The van der Waals surface area contributed by atoms with Crippen LogP contribution in [0.1, 0.15) is 16.5 Å². The molecule has 28 heavy (non-hydrogen) atoms. The zero-order chi connectivity index (χ0) is 19.5. The molecule has 0 radical (unpaired) electrons. The molecule has 1 aliphatic heterocycles. The van der Waals surface area contributed by atoms with Gasteiger partial charge in [-0.05, 0) is 48.0 Å². The number of hydrogen-bond donors (Lipinski definition) is 0. The lowest BCUT2D eigenvalue weighted by atomic mass is 10.1. The summed E-state index contributed by atoms with van der Waals surface area (Å²) in [4.78, 5) is 14.3. The highest BCUT2D eigenvalue weighted by Crippen LogP contribution is 2.42. The molecule has 0 aliphatic carbocycles. The van der Waals surface area contributed by atoms with E-state index in [0.29, 0.717) is 22.4 Å². The van der Waals surface area contributed by atoms with Gasteiger partial charge in [0.2, 0.25) is 5.91 Å². The summed E-state index contributed by atoms with van der Waals surface area (Å²) in [7, 11) is 0. The minimum atomic E-state index is -0.0636. The van der Waals surface area contributed by atoms with Gasteiger partial charge in [0.1, 0.15) is 17.7 Å². The van der Waals surface area contributed by atoms with Gasteiger partial charge >= 0.3 is 0 Å². The second kappa shape index (κ2) is 8.48. The average Bonchev–Trinajstić information content (AvgIpc) is 3.10. The van der Waals surface area contributed by atoms with Crippen LogP contribution in [0.15, 0.2) is 72.8 Å². The highest BCUT2D eigenvalue weighted by atomic mass is 35.5. The lowest BCUT2D eigenvalue weighted by Crippen LogP contribution is -2.27. The molecular weight excluding hydrogens is 413 g/mol. The van der Waals surface area contributed by atoms with E-state index in [0.717, 1.165) is 22.6 Å². The SMILES string of the molecule is O=C1CS[C@H](c2ccc(OCc3ccccc3Cl)cc2)N1c1ccc(Cl)cc1. The van der Waals surface area contributed by atoms with Gasteiger partial charge in [-0.1, -0.05) is 53.5 Å². The van der Waals surface area contributed by atoms with Crippen LogP contribution in [0.3, 0.4) is 0 Å². The Morgan fingerprint density at radius 3 is 2.39 bits per heavy atom. The molecule has 1 aliphatic rings. The van der Waals surface area contributed by atoms with Gasteiger partial charge in [0, 0.05) is 21.3 Å². The summed E-state index contributed by atoms with van der Waals surface area (Å²) in [6, 6.07) is 22.8. The first kappa shape index (κ1) is 19.2. The fraction of sp³-hybridized carbons (Fsp3) is 0.136. The fourth-order valence-electron chi connectivity index (χ4n) is 3.06. The van der Waals surface area contributed by atoms with E-state index in [-0.39, 0.29) is 11.3 Å². The van der Waals surface area contributed by atoms with Gasteiger partial charge in [0.05, 0.1) is 5.75 Å². The van der Waals surface area contributed by atoms with Gasteiger partial charge in [-0.3, -0.25) is 9.69 Å². The summed E-state index contributed by atoms with van der Waals surface area (Å²) in [6.45, 7) is 0.409. The maximum Gasteiger partial charge on any atom is 0.238 e. The van der Waals surface area contributed by atoms with Gasteiger partial charge in [-0.2, -0.15) is 0 Å². The van der Waals surface area contributed by atoms with Crippen LogP contribution in [-0.4, -0.2) is 11.7 Å². The van der Waals surface area contributed by atoms with Crippen molar-refractivity contribution in [1.82, 2.24) is 0 Å². The number of rotatable bonds is 5. The Labute approximate surface area is 178 Å². The number of amides is 1. The Balaban J connectivity index is 1.49. The Morgan fingerprint density at radius 2 is 1.68 bits per heavy atom. The molecule has 3 aromatic carbocycles. The van der Waals surface area contributed by atoms with Crippen LogP contribution in [0.2, 0.25) is 10.0 Å². The van der Waals surface area contributed by atoms with E-state index in [1.165, 1.54) is 0 Å². The molecule has 0 N–H and O–H groups in total. The van der Waals surface area contributed by atoms with E-state index >= 15 is 0 Å². The molecule has 0 bridgehead atoms. The monoisotopic (exact) mass is 429 g/mol. The smallest absolute Gasteiger partial charge is 0.238 e. The molecule has 1 amide bonds. The summed E-state index contributed by atoms with van der Waals surface area (Å²) < 4.78 is 5.85. The van der Waals surface area contributed by atoms with Crippen LogP contribution in [0.25, 0.3) is 0 Å². The van der Waals surface area contributed by atoms with Crippen molar-refractivity contribution in [2.45, 2.75) is 12.0 Å². The topological polar surface area (TPSA) is 29.5 Å². The van der Waals surface area contributed by atoms with Crippen LogP contribution in [0.4, 0.5) is 5.69 Å². The predicted octanol–water partition coefficient (Wildman–Crippen LogP) is 6.35. The zero-order valence-electron chi connectivity index (χ0n) is 14.8. The maximum atomic E-state index is 12.4. The van der Waals surface area contributed by atoms with Gasteiger partial charge in [-0.25, -0.2) is 0 Å². The lowest BCUT2D eigenvalue weighted by Gasteiger charge is -2.24. The van der Waals surface area contributed by atoms with Crippen LogP contribution in [-0.2, 0) is 11.4 Å². The number of carbonyl (C=O) groups excluding carboxylic acids is 1. The number of halogens is 2. The number of carbonyl (C=O) groups is 1. The van der Waals surface area contributed by atoms with Gasteiger partial charge < -0.3 is 4.74 Å². The zero-order valence-corrected chi connectivity index (χ0v) is 17.2. The second-order valence-corrected chi connectivity index (χ2v) is 8.26. The number of benzene rings is 3. The summed E-state index contributed by atoms with van der Waals surface area (Å²) in [5, 5.41) is 1.28. The predicted molar refractivity (Wildman–Crippen MR) is 116 cm³/mol. The van der Waals surface area contributed by atoms with Crippen molar-refractivity contribution < 1.29 is 9.53 Å². The molecular formula is C22H17Cl2NO2S. The van der Waals surface area contributed by atoms with Crippen LogP contribution in [0, 0.1) is 0 Å². The Kier molecular flexibility index (Phi) is 5.81. The third-order valence-electron chi connectivity index (χ3n) is 4.49. The summed E-state index contributed by atoms with van der Waals surface area (Å²) in [5.74, 6) is 1.31. The second-order valence-electron chi connectivity index (χ2n) is 6.35. The van der Waals surface area contributed by atoms with Crippen molar-refractivity contribution >= 4 is 46.6 Å². The minimum absolute atomic E-state index is 0.0636. The molecule has 1 heterocycles. The molecule has 0 aromatic heterocycles. The molecule has 4 rings (SSSR count). The number of thioether (sulfide) groups is 1. The Bertz CT molecular complexity index is 977. The third-order valence-corrected chi connectivity index (χ3v) is 6.32. The molecule has 6 heteroatoms. The molecule has 0 saturated carbocycles. The summed E-state index contributed by atoms with van der Waals surface area (Å²) in [6.07, 6.45) is 0. The molecule has 0 spiro atoms. The van der Waals surface area contributed by atoms with Gasteiger partial charge in [0.25, 0.3) is 0 Å². The third kappa shape index (κ3) is 4.14. The highest BCUT2D eigenvalue weighted by Gasteiger charge is 2.33. The molecule has 1 fully saturated rings. The number of anilines is 1. The van der Waals surface area contributed by atoms with E-state index in [9.17, 15) is 4.79 Å². The van der Waals surface area contributed by atoms with Crippen LogP contribution in [0.5, 0.6) is 5.75 Å². The maximum absolute atomic E-state index is 12.4. The van der Waals surface area contributed by atoms with Crippen molar-refractivity contribution in [3.8, 4) is 5.75 Å². The first-order valence-electron chi connectivity index (χ1n) is 8.77. The Hall–Kier alpha value is -2.14. The standard InChI is InChI=1S/C22H17Cl2NO2S/c23-17-7-9-18(10-8-17)25-21(26)14-28-22(25)15-5-11-19(12-6-15)27-13-16-3-1-2-4-20(16)24/h1-12,22H,13-14H2/t22-/m1/s1. The largest absolute Gasteiger partial charge is 0.489 e. The molecule has 1 atom stereocenters. The number of hydrogen-bond acceptors (Lipinski definition) is 3. The first-order valence-corrected chi connectivity index (χ1v) is 10.6. The van der Waals surface area contributed by atoms with Crippen molar-refractivity contribution in [2.24, 2.45) is 0 Å². The van der Waals surface area contributed by atoms with Crippen molar-refractivity contribution in [3.05, 3.63) is 94.0 Å². The van der Waals surface area contributed by atoms with Crippen molar-refractivity contribution in [2.75, 3.05) is 10.7 Å². The summed E-state index contributed by atoms with van der Waals surface area (Å²) >= 11 is 13.8. The lowest BCUT2D eigenvalue weighted by molar-refractivity contribution is -0.115. The van der Waals surface area contributed by atoms with E-state index in [2.05, 4.69) is 0 Å². The quantitative estimate of drug-likeness (QED) is 0.472. The molecule has 142 valence electrons. The summed E-state index contributed by atoms with van der Waals surface area (Å²) in [5.41, 5.74) is 2.85. The molecule has 3 nitrogen and oxygen atoms in total. The Morgan fingerprint density at radius 1 is 0.964 bits per heavy atom. The van der Waals surface area contributed by atoms with Crippen molar-refractivity contribution in [1.29, 1.82) is 0 Å². The van der Waals surface area contributed by atoms with Crippen LogP contribution >= 0.6 is 35.0 Å². The van der Waals surface area contributed by atoms with Crippen molar-refractivity contribution in [3.63, 3.8) is 0 Å². The molecule has 3 aromatic rings.